The highest BCUT2D eigenvalue weighted by Gasteiger charge is 2.35. The van der Waals surface area contributed by atoms with Gasteiger partial charge in [-0.3, -0.25) is 9.69 Å². The summed E-state index contributed by atoms with van der Waals surface area (Å²) in [6.07, 6.45) is 1.43. The highest BCUT2D eigenvalue weighted by atomic mass is 127. The number of piperidine rings is 1. The number of aliphatic carboxylic acids is 1. The highest BCUT2D eigenvalue weighted by Crippen LogP contribution is 2.31. The van der Waals surface area contributed by atoms with E-state index in [1.807, 2.05) is 20.8 Å². The lowest BCUT2D eigenvalue weighted by Gasteiger charge is -2.38. The fourth-order valence-corrected chi connectivity index (χ4v) is 3.10. The molecule has 5 nitrogen and oxygen atoms in total. The largest absolute Gasteiger partial charge is 0.481 e. The van der Waals surface area contributed by atoms with Crippen molar-refractivity contribution in [2.75, 3.05) is 6.54 Å². The van der Waals surface area contributed by atoms with E-state index < -0.39 is 11.6 Å². The van der Waals surface area contributed by atoms with Crippen molar-refractivity contribution in [3.63, 3.8) is 0 Å². The van der Waals surface area contributed by atoms with Crippen LogP contribution >= 0.6 is 22.6 Å². The lowest BCUT2D eigenvalue weighted by Crippen LogP contribution is -2.47. The Labute approximate surface area is 121 Å². The van der Waals surface area contributed by atoms with Gasteiger partial charge in [-0.15, -0.1) is 0 Å². The van der Waals surface area contributed by atoms with Crippen LogP contribution in [0.2, 0.25) is 0 Å². The van der Waals surface area contributed by atoms with Crippen LogP contribution < -0.4 is 0 Å². The molecule has 1 amide bonds. The summed E-state index contributed by atoms with van der Waals surface area (Å²) in [6, 6.07) is 0. The van der Waals surface area contributed by atoms with Crippen LogP contribution in [0.15, 0.2) is 0 Å². The molecule has 0 bridgehead atoms. The van der Waals surface area contributed by atoms with Gasteiger partial charge in [0.05, 0.1) is 10.5 Å². The van der Waals surface area contributed by atoms with Crippen LogP contribution in [0.5, 0.6) is 0 Å². The molecule has 104 valence electrons. The molecule has 0 spiro atoms. The van der Waals surface area contributed by atoms with Crippen LogP contribution in [0.1, 0.15) is 40.0 Å². The maximum absolute atomic E-state index is 12.0. The molecule has 1 heterocycles. The van der Waals surface area contributed by atoms with Gasteiger partial charge in [0.2, 0.25) is 0 Å². The van der Waals surface area contributed by atoms with Crippen LogP contribution in [-0.4, -0.2) is 38.3 Å². The first kappa shape index (κ1) is 15.5. The maximum atomic E-state index is 12.0. The standard InChI is InChI=1S/C12H20INO4/c1-12(2,3)18-11(17)14-6-4-5-8(10(14)13)7-9(15)16/h8,10H,4-7H2,1-3H3,(H,15,16)/t8-,10?/m1/s1. The Morgan fingerprint density at radius 2 is 2.06 bits per heavy atom. The van der Waals surface area contributed by atoms with Crippen molar-refractivity contribution in [1.82, 2.24) is 4.90 Å². The maximum Gasteiger partial charge on any atom is 0.411 e. The number of carboxylic acids is 1. The molecule has 1 rings (SSSR count). The third-order valence-corrected chi connectivity index (χ3v) is 4.41. The summed E-state index contributed by atoms with van der Waals surface area (Å²) in [5.41, 5.74) is -0.521. The molecule has 1 fully saturated rings. The molecule has 1 aliphatic heterocycles. The van der Waals surface area contributed by atoms with Crippen molar-refractivity contribution in [3.8, 4) is 0 Å². The van der Waals surface area contributed by atoms with E-state index in [1.54, 1.807) is 4.90 Å². The van der Waals surface area contributed by atoms with E-state index in [9.17, 15) is 9.59 Å². The van der Waals surface area contributed by atoms with Crippen LogP contribution in [0.3, 0.4) is 0 Å². The lowest BCUT2D eigenvalue weighted by atomic mass is 9.95. The predicted molar refractivity (Wildman–Crippen MR) is 75.7 cm³/mol. The number of carboxylic acid groups (broad SMARTS) is 1. The molecule has 2 atom stereocenters. The smallest absolute Gasteiger partial charge is 0.411 e. The first-order chi connectivity index (χ1) is 8.20. The third kappa shape index (κ3) is 4.62. The van der Waals surface area contributed by atoms with Gasteiger partial charge in [0.25, 0.3) is 0 Å². The SMILES string of the molecule is CC(C)(C)OC(=O)N1CCC[C@H](CC(=O)O)C1I. The Balaban J connectivity index is 2.65. The van der Waals surface area contributed by atoms with Crippen molar-refractivity contribution >= 4 is 34.7 Å². The Hall–Kier alpha value is -0.530. The zero-order valence-corrected chi connectivity index (χ0v) is 13.1. The number of ether oxygens (including phenoxy) is 1. The molecule has 0 radical (unpaired) electrons. The van der Waals surface area contributed by atoms with Crippen molar-refractivity contribution in [1.29, 1.82) is 0 Å². The molecule has 0 saturated carbocycles. The third-order valence-electron chi connectivity index (χ3n) is 2.73. The summed E-state index contributed by atoms with van der Waals surface area (Å²) < 4.78 is 5.23. The van der Waals surface area contributed by atoms with Crippen molar-refractivity contribution in [2.45, 2.75) is 49.7 Å². The number of carbonyl (C=O) groups is 2. The van der Waals surface area contributed by atoms with E-state index in [0.29, 0.717) is 6.54 Å². The molecule has 1 N–H and O–H groups in total. The number of nitrogens with zero attached hydrogens (tertiary/aromatic N) is 1. The van der Waals surface area contributed by atoms with Gasteiger partial charge in [-0.2, -0.15) is 0 Å². The summed E-state index contributed by atoms with van der Waals surface area (Å²) in [4.78, 5) is 24.4. The summed E-state index contributed by atoms with van der Waals surface area (Å²) in [6.45, 7) is 6.11. The monoisotopic (exact) mass is 369 g/mol. The number of carbonyl (C=O) groups excluding carboxylic acids is 1. The normalized spacial score (nSPS) is 24.8. The Morgan fingerprint density at radius 1 is 1.44 bits per heavy atom. The van der Waals surface area contributed by atoms with Gasteiger partial charge in [0.1, 0.15) is 5.60 Å². The summed E-state index contributed by atoms with van der Waals surface area (Å²) in [7, 11) is 0. The molecule has 0 aromatic heterocycles. The average Bonchev–Trinajstić information content (AvgIpc) is 2.17. The summed E-state index contributed by atoms with van der Waals surface area (Å²) in [5.74, 6) is -0.808. The van der Waals surface area contributed by atoms with Crippen LogP contribution in [0.25, 0.3) is 0 Å². The second kappa shape index (κ2) is 6.08. The van der Waals surface area contributed by atoms with E-state index in [4.69, 9.17) is 9.84 Å². The molecule has 0 aliphatic carbocycles. The van der Waals surface area contributed by atoms with Gasteiger partial charge in [-0.05, 0) is 39.5 Å². The quantitative estimate of drug-likeness (QED) is 0.462. The van der Waals surface area contributed by atoms with Crippen molar-refractivity contribution < 1.29 is 19.4 Å². The Bertz CT molecular complexity index is 327. The number of likely N-dealkylation sites (tertiary alicyclic amines) is 1. The molecule has 6 heteroatoms. The zero-order valence-electron chi connectivity index (χ0n) is 11.0. The van der Waals surface area contributed by atoms with Crippen molar-refractivity contribution in [2.24, 2.45) is 5.92 Å². The first-order valence-electron chi connectivity index (χ1n) is 6.06. The molecule has 1 saturated heterocycles. The van der Waals surface area contributed by atoms with Gasteiger partial charge in [0.15, 0.2) is 0 Å². The fraction of sp³-hybridized carbons (Fsp3) is 0.833. The van der Waals surface area contributed by atoms with E-state index in [1.165, 1.54) is 0 Å². The molecule has 1 aliphatic rings. The number of amides is 1. The van der Waals surface area contributed by atoms with Crippen molar-refractivity contribution in [3.05, 3.63) is 0 Å². The number of rotatable bonds is 2. The Morgan fingerprint density at radius 3 is 2.56 bits per heavy atom. The first-order valence-corrected chi connectivity index (χ1v) is 7.31. The number of halogens is 1. The van der Waals surface area contributed by atoms with Crippen LogP contribution in [-0.2, 0) is 9.53 Å². The second-order valence-electron chi connectivity index (χ2n) is 5.55. The molecule has 0 aromatic carbocycles. The van der Waals surface area contributed by atoms with Crippen LogP contribution in [0.4, 0.5) is 4.79 Å². The lowest BCUT2D eigenvalue weighted by molar-refractivity contribution is -0.138. The minimum Gasteiger partial charge on any atom is -0.481 e. The van der Waals surface area contributed by atoms with Gasteiger partial charge in [-0.1, -0.05) is 22.6 Å². The van der Waals surface area contributed by atoms with Gasteiger partial charge in [0, 0.05) is 6.54 Å². The molecular weight excluding hydrogens is 349 g/mol. The van der Waals surface area contributed by atoms with E-state index in [0.717, 1.165) is 12.8 Å². The van der Waals surface area contributed by atoms with E-state index >= 15 is 0 Å². The molecule has 1 unspecified atom stereocenters. The fourth-order valence-electron chi connectivity index (χ4n) is 1.98. The summed E-state index contributed by atoms with van der Waals surface area (Å²) >= 11 is 2.14. The number of alkyl halides is 1. The Kier molecular flexibility index (Phi) is 5.24. The average molecular weight is 369 g/mol. The minimum atomic E-state index is -0.812. The topological polar surface area (TPSA) is 66.8 Å². The zero-order chi connectivity index (χ0) is 13.9. The highest BCUT2D eigenvalue weighted by molar-refractivity contribution is 14.1. The molecule has 0 aromatic rings. The predicted octanol–water partition coefficient (Wildman–Crippen LogP) is 2.87. The second-order valence-corrected chi connectivity index (χ2v) is 6.82. The molecular formula is C12H20INO4. The van der Waals surface area contributed by atoms with Crippen LogP contribution in [0, 0.1) is 5.92 Å². The van der Waals surface area contributed by atoms with Gasteiger partial charge in [-0.25, -0.2) is 4.79 Å². The molecule has 18 heavy (non-hydrogen) atoms. The summed E-state index contributed by atoms with van der Waals surface area (Å²) in [5, 5.41) is 8.86. The van der Waals surface area contributed by atoms with E-state index in [-0.39, 0.29) is 22.5 Å². The minimum absolute atomic E-state index is 0.00404. The van der Waals surface area contributed by atoms with Gasteiger partial charge >= 0.3 is 12.1 Å². The number of hydrogen-bond donors (Lipinski definition) is 1. The van der Waals surface area contributed by atoms with Gasteiger partial charge < -0.3 is 9.84 Å². The van der Waals surface area contributed by atoms with E-state index in [2.05, 4.69) is 22.6 Å². The number of hydrogen-bond acceptors (Lipinski definition) is 3.